The van der Waals surface area contributed by atoms with Gasteiger partial charge in [0, 0.05) is 12.2 Å². The van der Waals surface area contributed by atoms with Crippen molar-refractivity contribution in [3.05, 3.63) is 29.0 Å². The molecule has 0 radical (unpaired) electrons. The quantitative estimate of drug-likeness (QED) is 0.596. The summed E-state index contributed by atoms with van der Waals surface area (Å²) in [6.45, 7) is 3.91. The summed E-state index contributed by atoms with van der Waals surface area (Å²) in [7, 11) is 0. The van der Waals surface area contributed by atoms with E-state index in [1.807, 2.05) is 6.92 Å². The average Bonchev–Trinajstić information content (AvgIpc) is 2.54. The van der Waals surface area contributed by atoms with E-state index < -0.39 is 5.97 Å². The number of carbonyl (C=O) groups is 1. The zero-order valence-electron chi connectivity index (χ0n) is 13.2. The molecule has 1 atom stereocenters. The van der Waals surface area contributed by atoms with E-state index in [4.69, 9.17) is 16.3 Å². The molecule has 0 aliphatic heterocycles. The van der Waals surface area contributed by atoms with Gasteiger partial charge in [0.15, 0.2) is 0 Å². The van der Waals surface area contributed by atoms with Crippen molar-refractivity contribution in [2.75, 3.05) is 18.5 Å². The molecule has 124 valence electrons. The summed E-state index contributed by atoms with van der Waals surface area (Å²) in [6.07, 6.45) is 3.25. The molecule has 6 nitrogen and oxygen atoms in total. The van der Waals surface area contributed by atoms with Crippen LogP contribution < -0.4 is 5.32 Å². The molecule has 23 heavy (non-hydrogen) atoms. The van der Waals surface area contributed by atoms with Crippen LogP contribution >= 0.6 is 11.6 Å². The third-order valence-corrected chi connectivity index (χ3v) is 3.66. The Labute approximate surface area is 139 Å². The number of nitrogens with zero attached hydrogens (tertiary/aromatic N) is 2. The normalized spacial score (nSPS) is 12.2. The molecular weight excluding hydrogens is 318 g/mol. The Morgan fingerprint density at radius 2 is 2.26 bits per heavy atom. The van der Waals surface area contributed by atoms with Gasteiger partial charge in [-0.25, -0.2) is 9.78 Å². The standard InChI is InChI=1S/C16H20ClN3O3/c1-3-6-10(9-21)19-14-12(16(22)23-4-2)15(17)20-11-7-5-8-18-13(11)14/h5,7-8,10,21H,3-4,6,9H2,1-2H3,(H,19,20)/t10-/m0/s1. The van der Waals surface area contributed by atoms with Crippen molar-refractivity contribution in [2.45, 2.75) is 32.7 Å². The lowest BCUT2D eigenvalue weighted by molar-refractivity contribution is 0.0527. The number of hydrogen-bond donors (Lipinski definition) is 2. The fourth-order valence-electron chi connectivity index (χ4n) is 2.35. The fraction of sp³-hybridized carbons (Fsp3) is 0.438. The number of esters is 1. The molecular formula is C16H20ClN3O3. The summed E-state index contributed by atoms with van der Waals surface area (Å²) in [5, 5.41) is 12.8. The second kappa shape index (κ2) is 8.08. The van der Waals surface area contributed by atoms with Crippen LogP contribution in [0.4, 0.5) is 5.69 Å². The molecule has 2 heterocycles. The van der Waals surface area contributed by atoms with Gasteiger partial charge in [-0.2, -0.15) is 0 Å². The molecule has 0 amide bonds. The minimum atomic E-state index is -0.562. The molecule has 2 aromatic rings. The lowest BCUT2D eigenvalue weighted by Crippen LogP contribution is -2.25. The Morgan fingerprint density at radius 3 is 2.91 bits per heavy atom. The number of rotatable bonds is 7. The highest BCUT2D eigenvalue weighted by Gasteiger charge is 2.23. The number of aliphatic hydroxyl groups excluding tert-OH is 1. The van der Waals surface area contributed by atoms with Crippen LogP contribution in [-0.4, -0.2) is 40.3 Å². The third kappa shape index (κ3) is 3.89. The highest BCUT2D eigenvalue weighted by molar-refractivity contribution is 6.34. The summed E-state index contributed by atoms with van der Waals surface area (Å²) >= 11 is 6.20. The van der Waals surface area contributed by atoms with Crippen molar-refractivity contribution in [3.8, 4) is 0 Å². The van der Waals surface area contributed by atoms with Crippen LogP contribution in [0.15, 0.2) is 18.3 Å². The van der Waals surface area contributed by atoms with E-state index in [1.54, 1.807) is 25.3 Å². The van der Waals surface area contributed by atoms with E-state index in [0.29, 0.717) is 16.7 Å². The van der Waals surface area contributed by atoms with E-state index in [-0.39, 0.29) is 30.0 Å². The van der Waals surface area contributed by atoms with Crippen LogP contribution in [0.25, 0.3) is 11.0 Å². The van der Waals surface area contributed by atoms with Crippen molar-refractivity contribution >= 4 is 34.3 Å². The first-order valence-corrected chi connectivity index (χ1v) is 7.98. The van der Waals surface area contributed by atoms with Gasteiger partial charge in [0.1, 0.15) is 16.2 Å². The molecule has 2 N–H and O–H groups in total. The van der Waals surface area contributed by atoms with Gasteiger partial charge < -0.3 is 15.2 Å². The van der Waals surface area contributed by atoms with Gasteiger partial charge in [0.2, 0.25) is 0 Å². The number of nitrogens with one attached hydrogen (secondary N) is 1. The maximum Gasteiger partial charge on any atom is 0.343 e. The number of aromatic nitrogens is 2. The number of hydrogen-bond acceptors (Lipinski definition) is 6. The number of halogens is 1. The molecule has 2 aromatic heterocycles. The Kier molecular flexibility index (Phi) is 6.12. The maximum atomic E-state index is 12.3. The van der Waals surface area contributed by atoms with E-state index in [2.05, 4.69) is 15.3 Å². The molecule has 0 saturated heterocycles. The van der Waals surface area contributed by atoms with E-state index in [1.165, 1.54) is 0 Å². The Hall–Kier alpha value is -1.92. The zero-order valence-corrected chi connectivity index (χ0v) is 13.9. The fourth-order valence-corrected chi connectivity index (χ4v) is 2.62. The molecule has 0 fully saturated rings. The molecule has 0 aliphatic carbocycles. The molecule has 0 aliphatic rings. The van der Waals surface area contributed by atoms with Gasteiger partial charge in [-0.15, -0.1) is 0 Å². The van der Waals surface area contributed by atoms with Crippen molar-refractivity contribution in [3.63, 3.8) is 0 Å². The van der Waals surface area contributed by atoms with Crippen LogP contribution in [0.1, 0.15) is 37.0 Å². The van der Waals surface area contributed by atoms with Gasteiger partial charge in [-0.05, 0) is 25.5 Å². The predicted molar refractivity (Wildman–Crippen MR) is 89.9 cm³/mol. The summed E-state index contributed by atoms with van der Waals surface area (Å²) in [4.78, 5) is 20.8. The number of aliphatic hydroxyl groups is 1. The average molecular weight is 338 g/mol. The van der Waals surface area contributed by atoms with Crippen LogP contribution in [0.3, 0.4) is 0 Å². The smallest absolute Gasteiger partial charge is 0.343 e. The molecule has 0 saturated carbocycles. The highest BCUT2D eigenvalue weighted by atomic mass is 35.5. The second-order valence-electron chi connectivity index (χ2n) is 5.06. The number of fused-ring (bicyclic) bond motifs is 1. The topological polar surface area (TPSA) is 84.3 Å². The first-order chi connectivity index (χ1) is 11.1. The van der Waals surface area contributed by atoms with Gasteiger partial charge in [-0.3, -0.25) is 4.98 Å². The minimum Gasteiger partial charge on any atom is -0.462 e. The Balaban J connectivity index is 2.60. The lowest BCUT2D eigenvalue weighted by atomic mass is 10.1. The molecule has 7 heteroatoms. The van der Waals surface area contributed by atoms with Crippen LogP contribution in [0.2, 0.25) is 5.15 Å². The van der Waals surface area contributed by atoms with Crippen molar-refractivity contribution in [1.82, 2.24) is 9.97 Å². The van der Waals surface area contributed by atoms with Crippen LogP contribution in [-0.2, 0) is 4.74 Å². The Morgan fingerprint density at radius 1 is 1.48 bits per heavy atom. The number of carbonyl (C=O) groups excluding carboxylic acids is 1. The number of ether oxygens (including phenoxy) is 1. The molecule has 2 rings (SSSR count). The number of anilines is 1. The highest BCUT2D eigenvalue weighted by Crippen LogP contribution is 2.31. The monoisotopic (exact) mass is 337 g/mol. The summed E-state index contributed by atoms with van der Waals surface area (Å²) < 4.78 is 5.08. The third-order valence-electron chi connectivity index (χ3n) is 3.38. The van der Waals surface area contributed by atoms with Crippen LogP contribution in [0.5, 0.6) is 0 Å². The largest absolute Gasteiger partial charge is 0.462 e. The minimum absolute atomic E-state index is 0.0552. The zero-order chi connectivity index (χ0) is 16.8. The van der Waals surface area contributed by atoms with E-state index >= 15 is 0 Å². The first-order valence-electron chi connectivity index (χ1n) is 7.61. The lowest BCUT2D eigenvalue weighted by Gasteiger charge is -2.20. The molecule has 0 bridgehead atoms. The van der Waals surface area contributed by atoms with Crippen LogP contribution in [0, 0.1) is 0 Å². The van der Waals surface area contributed by atoms with Crippen molar-refractivity contribution in [2.24, 2.45) is 0 Å². The Bertz CT molecular complexity index is 694. The van der Waals surface area contributed by atoms with Gasteiger partial charge in [0.25, 0.3) is 0 Å². The predicted octanol–water partition coefficient (Wildman–Crippen LogP) is 3.03. The summed E-state index contributed by atoms with van der Waals surface area (Å²) in [5.74, 6) is -0.562. The SMILES string of the molecule is CCC[C@@H](CO)Nc1c(C(=O)OCC)c(Cl)nc2cccnc12. The molecule has 0 unspecified atom stereocenters. The van der Waals surface area contributed by atoms with E-state index in [9.17, 15) is 9.90 Å². The van der Waals surface area contributed by atoms with Gasteiger partial charge >= 0.3 is 5.97 Å². The summed E-state index contributed by atoms with van der Waals surface area (Å²) in [6, 6.07) is 3.30. The van der Waals surface area contributed by atoms with Gasteiger partial charge in [-0.1, -0.05) is 24.9 Å². The molecule has 0 aromatic carbocycles. The molecule has 0 spiro atoms. The van der Waals surface area contributed by atoms with Crippen molar-refractivity contribution < 1.29 is 14.6 Å². The summed E-state index contributed by atoms with van der Waals surface area (Å²) in [5.41, 5.74) is 1.69. The van der Waals surface area contributed by atoms with E-state index in [0.717, 1.165) is 12.8 Å². The number of pyridine rings is 2. The second-order valence-corrected chi connectivity index (χ2v) is 5.41. The first kappa shape index (κ1) is 17.4. The maximum absolute atomic E-state index is 12.3. The van der Waals surface area contributed by atoms with Gasteiger partial charge in [0.05, 0.1) is 24.4 Å². The van der Waals surface area contributed by atoms with Crippen molar-refractivity contribution in [1.29, 1.82) is 0 Å².